The molecule has 0 heterocycles. The molecule has 1 amide bonds. The van der Waals surface area contributed by atoms with Crippen LogP contribution >= 0.6 is 12.2 Å². The number of ether oxygens (including phenoxy) is 3. The molecular weight excluding hydrogens is 318 g/mol. The summed E-state index contributed by atoms with van der Waals surface area (Å²) in [4.78, 5) is 12.2. The van der Waals surface area contributed by atoms with Gasteiger partial charge < -0.3 is 19.5 Å². The van der Waals surface area contributed by atoms with Crippen LogP contribution in [0, 0.1) is 0 Å². The number of nitrogens with one attached hydrogen (secondary N) is 3. The fraction of sp³-hybridized carbons (Fsp3) is 0.333. The molecule has 0 bridgehead atoms. The van der Waals surface area contributed by atoms with Crippen LogP contribution in [-0.4, -0.2) is 38.9 Å². The van der Waals surface area contributed by atoms with Crippen molar-refractivity contribution in [3.63, 3.8) is 0 Å². The monoisotopic (exact) mass is 339 g/mol. The lowest BCUT2D eigenvalue weighted by Gasteiger charge is -2.15. The lowest BCUT2D eigenvalue weighted by molar-refractivity contribution is 0.0943. The van der Waals surface area contributed by atoms with Gasteiger partial charge in [0.15, 0.2) is 16.6 Å². The number of hydrazine groups is 1. The first-order valence-corrected chi connectivity index (χ1v) is 7.12. The first kappa shape index (κ1) is 18.6. The highest BCUT2D eigenvalue weighted by atomic mass is 32.1. The van der Waals surface area contributed by atoms with Crippen molar-refractivity contribution in [2.75, 3.05) is 27.9 Å². The summed E-state index contributed by atoms with van der Waals surface area (Å²) in [5.74, 6) is 0.793. The van der Waals surface area contributed by atoms with E-state index in [2.05, 4.69) is 22.7 Å². The second-order valence-electron chi connectivity index (χ2n) is 4.63. The molecule has 0 aliphatic heterocycles. The Balaban J connectivity index is 2.80. The fourth-order valence-corrected chi connectivity index (χ4v) is 1.80. The number of carbonyl (C=O) groups excluding carboxylic acids is 1. The molecule has 0 fully saturated rings. The normalized spacial score (nSPS) is 9.57. The number of benzene rings is 1. The molecule has 126 valence electrons. The maximum Gasteiger partial charge on any atom is 0.269 e. The van der Waals surface area contributed by atoms with Gasteiger partial charge in [-0.15, -0.1) is 0 Å². The summed E-state index contributed by atoms with van der Waals surface area (Å²) in [5.41, 5.74) is 6.34. The smallest absolute Gasteiger partial charge is 0.269 e. The van der Waals surface area contributed by atoms with Crippen molar-refractivity contribution >= 4 is 23.2 Å². The zero-order valence-corrected chi connectivity index (χ0v) is 14.4. The van der Waals surface area contributed by atoms with Crippen LogP contribution < -0.4 is 30.4 Å². The lowest BCUT2D eigenvalue weighted by atomic mass is 10.1. The van der Waals surface area contributed by atoms with Crippen LogP contribution in [0.15, 0.2) is 24.3 Å². The van der Waals surface area contributed by atoms with E-state index in [1.807, 2.05) is 6.92 Å². The molecule has 0 aliphatic carbocycles. The molecule has 0 aromatic heterocycles. The summed E-state index contributed by atoms with van der Waals surface area (Å²) >= 11 is 5.03. The maximum atomic E-state index is 12.2. The van der Waals surface area contributed by atoms with Crippen LogP contribution in [-0.2, 0) is 0 Å². The van der Waals surface area contributed by atoms with E-state index >= 15 is 0 Å². The third-order valence-corrected chi connectivity index (χ3v) is 3.01. The molecule has 0 radical (unpaired) electrons. The standard InChI is InChI=1S/C15H21N3O4S/c1-9(2)8-16-15(23)18-17-14(19)10-6-11(20-3)13(22-5)12(7-10)21-4/h6-7H,1,8H2,2-5H3,(H,17,19)(H2,16,18,23). The van der Waals surface area contributed by atoms with E-state index < -0.39 is 5.91 Å². The zero-order valence-electron chi connectivity index (χ0n) is 13.6. The Hall–Kier alpha value is -2.48. The molecule has 8 heteroatoms. The topological polar surface area (TPSA) is 80.9 Å². The molecule has 0 saturated carbocycles. The van der Waals surface area contributed by atoms with Gasteiger partial charge in [0.1, 0.15) is 0 Å². The molecule has 0 saturated heterocycles. The van der Waals surface area contributed by atoms with Crippen molar-refractivity contribution in [2.45, 2.75) is 6.92 Å². The maximum absolute atomic E-state index is 12.2. The molecule has 1 rings (SSSR count). The molecule has 3 N–H and O–H groups in total. The van der Waals surface area contributed by atoms with Gasteiger partial charge in [-0.25, -0.2) is 0 Å². The first-order valence-electron chi connectivity index (χ1n) is 6.71. The Kier molecular flexibility index (Phi) is 7.14. The average Bonchev–Trinajstić information content (AvgIpc) is 2.56. The molecule has 1 aromatic rings. The molecule has 0 spiro atoms. The Bertz CT molecular complexity index is 579. The van der Waals surface area contributed by atoms with Crippen LogP contribution in [0.4, 0.5) is 0 Å². The number of methoxy groups -OCH3 is 3. The minimum Gasteiger partial charge on any atom is -0.493 e. The van der Waals surface area contributed by atoms with E-state index in [4.69, 9.17) is 26.4 Å². The summed E-state index contributed by atoms with van der Waals surface area (Å²) in [6.45, 7) is 6.13. The highest BCUT2D eigenvalue weighted by Crippen LogP contribution is 2.38. The van der Waals surface area contributed by atoms with Gasteiger partial charge in [0.05, 0.1) is 21.3 Å². The second kappa shape index (κ2) is 8.84. The van der Waals surface area contributed by atoms with Gasteiger partial charge in [-0.3, -0.25) is 15.6 Å². The van der Waals surface area contributed by atoms with Gasteiger partial charge in [-0.1, -0.05) is 12.2 Å². The van der Waals surface area contributed by atoms with Crippen LogP contribution in [0.25, 0.3) is 0 Å². The molecule has 0 aliphatic rings. The van der Waals surface area contributed by atoms with Crippen molar-refractivity contribution in [2.24, 2.45) is 0 Å². The van der Waals surface area contributed by atoms with Crippen LogP contribution in [0.2, 0.25) is 0 Å². The van der Waals surface area contributed by atoms with E-state index in [-0.39, 0.29) is 5.11 Å². The van der Waals surface area contributed by atoms with E-state index in [1.165, 1.54) is 21.3 Å². The van der Waals surface area contributed by atoms with Crippen molar-refractivity contribution in [1.82, 2.24) is 16.2 Å². The zero-order chi connectivity index (χ0) is 17.4. The molecular formula is C15H21N3O4S. The fourth-order valence-electron chi connectivity index (χ4n) is 1.67. The van der Waals surface area contributed by atoms with Crippen LogP contribution in [0.5, 0.6) is 17.2 Å². The number of rotatable bonds is 6. The largest absolute Gasteiger partial charge is 0.493 e. The number of hydrogen-bond donors (Lipinski definition) is 3. The minimum atomic E-state index is -0.399. The third-order valence-electron chi connectivity index (χ3n) is 2.77. The minimum absolute atomic E-state index is 0.286. The predicted molar refractivity (Wildman–Crippen MR) is 92.1 cm³/mol. The molecule has 7 nitrogen and oxygen atoms in total. The van der Waals surface area contributed by atoms with Crippen LogP contribution in [0.3, 0.4) is 0 Å². The van der Waals surface area contributed by atoms with E-state index in [0.717, 1.165) is 5.57 Å². The molecule has 0 unspecified atom stereocenters. The molecule has 23 heavy (non-hydrogen) atoms. The predicted octanol–water partition coefficient (Wildman–Crippen LogP) is 1.40. The molecule has 1 aromatic carbocycles. The SMILES string of the molecule is C=C(C)CNC(=S)NNC(=O)c1cc(OC)c(OC)c(OC)c1. The van der Waals surface area contributed by atoms with Crippen molar-refractivity contribution in [1.29, 1.82) is 0 Å². The quantitative estimate of drug-likeness (QED) is 0.411. The van der Waals surface area contributed by atoms with Gasteiger partial charge in [-0.2, -0.15) is 0 Å². The summed E-state index contributed by atoms with van der Waals surface area (Å²) in [5, 5.41) is 3.17. The lowest BCUT2D eigenvalue weighted by Crippen LogP contribution is -2.47. The summed E-state index contributed by atoms with van der Waals surface area (Å²) < 4.78 is 15.6. The Morgan fingerprint density at radius 3 is 2.13 bits per heavy atom. The first-order chi connectivity index (χ1) is 10.9. The number of thiocarbonyl (C=S) groups is 1. The van der Waals surface area contributed by atoms with Gasteiger partial charge in [0.2, 0.25) is 5.75 Å². The number of carbonyl (C=O) groups is 1. The highest BCUT2D eigenvalue weighted by molar-refractivity contribution is 7.80. The second-order valence-corrected chi connectivity index (χ2v) is 5.04. The number of hydrogen-bond acceptors (Lipinski definition) is 5. The summed E-state index contributed by atoms with van der Waals surface area (Å²) in [6.07, 6.45) is 0. The van der Waals surface area contributed by atoms with Crippen molar-refractivity contribution in [3.8, 4) is 17.2 Å². The van der Waals surface area contributed by atoms with E-state index in [9.17, 15) is 4.79 Å². The molecule has 0 atom stereocenters. The van der Waals surface area contributed by atoms with Gasteiger partial charge >= 0.3 is 0 Å². The van der Waals surface area contributed by atoms with Crippen LogP contribution in [0.1, 0.15) is 17.3 Å². The highest BCUT2D eigenvalue weighted by Gasteiger charge is 2.17. The van der Waals surface area contributed by atoms with E-state index in [1.54, 1.807) is 12.1 Å². The van der Waals surface area contributed by atoms with E-state index in [0.29, 0.717) is 29.4 Å². The third kappa shape index (κ3) is 5.33. The van der Waals surface area contributed by atoms with Gasteiger partial charge in [0.25, 0.3) is 5.91 Å². The van der Waals surface area contributed by atoms with Crippen molar-refractivity contribution < 1.29 is 19.0 Å². The summed E-state index contributed by atoms with van der Waals surface area (Å²) in [6, 6.07) is 3.09. The summed E-state index contributed by atoms with van der Waals surface area (Å²) in [7, 11) is 4.45. The Morgan fingerprint density at radius 1 is 1.13 bits per heavy atom. The van der Waals surface area contributed by atoms with Gasteiger partial charge in [0, 0.05) is 12.1 Å². The van der Waals surface area contributed by atoms with Crippen molar-refractivity contribution in [3.05, 3.63) is 29.8 Å². The number of amides is 1. The Morgan fingerprint density at radius 2 is 1.70 bits per heavy atom. The Labute approximate surface area is 141 Å². The van der Waals surface area contributed by atoms with Gasteiger partial charge in [-0.05, 0) is 31.3 Å². The average molecular weight is 339 g/mol.